The Bertz CT molecular complexity index is 517. The molecule has 4 N–H and O–H groups in total. The normalized spacial score (nSPS) is 21.3. The van der Waals surface area contributed by atoms with Gasteiger partial charge in [0.1, 0.15) is 5.82 Å². The van der Waals surface area contributed by atoms with Crippen LogP contribution in [0.15, 0.2) is 12.1 Å². The van der Waals surface area contributed by atoms with Gasteiger partial charge in [-0.3, -0.25) is 0 Å². The van der Waals surface area contributed by atoms with Crippen LogP contribution in [0, 0.1) is 11.2 Å². The minimum atomic E-state index is -1.19. The summed E-state index contributed by atoms with van der Waals surface area (Å²) in [7, 11) is 0. The molecule has 1 aromatic rings. The van der Waals surface area contributed by atoms with Crippen molar-refractivity contribution in [2.75, 3.05) is 24.3 Å². The van der Waals surface area contributed by atoms with Crippen molar-refractivity contribution in [1.29, 1.82) is 0 Å². The zero-order valence-electron chi connectivity index (χ0n) is 10.9. The van der Waals surface area contributed by atoms with Gasteiger partial charge in [0.25, 0.3) is 0 Å². The van der Waals surface area contributed by atoms with Gasteiger partial charge in [-0.05, 0) is 12.1 Å². The van der Waals surface area contributed by atoms with Crippen LogP contribution in [-0.4, -0.2) is 30.3 Å². The lowest BCUT2D eigenvalue weighted by Gasteiger charge is -2.27. The number of carboxylic acid groups (broad SMARTS) is 1. The number of aromatic carboxylic acids is 1. The summed E-state index contributed by atoms with van der Waals surface area (Å²) >= 11 is 0. The van der Waals surface area contributed by atoms with Crippen LogP contribution in [-0.2, 0) is 4.74 Å². The van der Waals surface area contributed by atoms with Gasteiger partial charge >= 0.3 is 5.97 Å². The van der Waals surface area contributed by atoms with E-state index in [1.165, 1.54) is 6.07 Å². The maximum Gasteiger partial charge on any atom is 0.335 e. The van der Waals surface area contributed by atoms with Gasteiger partial charge in [0.2, 0.25) is 0 Å². The molecule has 1 heterocycles. The van der Waals surface area contributed by atoms with Crippen molar-refractivity contribution in [1.82, 2.24) is 0 Å². The van der Waals surface area contributed by atoms with Crippen LogP contribution in [0.2, 0.25) is 0 Å². The van der Waals surface area contributed by atoms with Crippen molar-refractivity contribution in [3.63, 3.8) is 0 Å². The third-order valence-electron chi connectivity index (χ3n) is 3.41. The number of benzene rings is 1. The van der Waals surface area contributed by atoms with Crippen molar-refractivity contribution in [2.24, 2.45) is 5.41 Å². The second-order valence-corrected chi connectivity index (χ2v) is 5.43. The van der Waals surface area contributed by atoms with Crippen molar-refractivity contribution in [3.05, 3.63) is 23.5 Å². The number of carbonyl (C=O) groups is 1. The molecule has 0 aliphatic carbocycles. The summed E-state index contributed by atoms with van der Waals surface area (Å²) < 4.78 is 19.0. The lowest BCUT2D eigenvalue weighted by Crippen LogP contribution is -2.35. The Morgan fingerprint density at radius 2 is 2.26 bits per heavy atom. The number of hydrogen-bond acceptors (Lipinski definition) is 4. The first-order chi connectivity index (χ1) is 8.81. The first-order valence-electron chi connectivity index (χ1n) is 5.98. The number of nitrogen functional groups attached to an aromatic ring is 1. The Morgan fingerprint density at radius 1 is 1.58 bits per heavy atom. The van der Waals surface area contributed by atoms with Gasteiger partial charge in [-0.1, -0.05) is 13.8 Å². The molecule has 1 aliphatic rings. The fourth-order valence-electron chi connectivity index (χ4n) is 2.05. The minimum absolute atomic E-state index is 0.0433. The zero-order valence-corrected chi connectivity index (χ0v) is 10.9. The van der Waals surface area contributed by atoms with Crippen LogP contribution in [0.3, 0.4) is 0 Å². The molecule has 1 aliphatic heterocycles. The Hall–Kier alpha value is -1.82. The van der Waals surface area contributed by atoms with Gasteiger partial charge in [-0.2, -0.15) is 0 Å². The van der Waals surface area contributed by atoms with Crippen molar-refractivity contribution in [3.8, 4) is 0 Å². The first kappa shape index (κ1) is 13.6. The molecule has 1 aromatic carbocycles. The Kier molecular flexibility index (Phi) is 3.36. The predicted molar refractivity (Wildman–Crippen MR) is 69.8 cm³/mol. The molecule has 0 saturated carbocycles. The molecule has 2 rings (SSSR count). The van der Waals surface area contributed by atoms with E-state index in [2.05, 4.69) is 5.32 Å². The van der Waals surface area contributed by atoms with E-state index in [1.807, 2.05) is 13.8 Å². The largest absolute Gasteiger partial charge is 0.478 e. The van der Waals surface area contributed by atoms with Gasteiger partial charge < -0.3 is 20.9 Å². The van der Waals surface area contributed by atoms with Crippen LogP contribution in [0.25, 0.3) is 0 Å². The Labute approximate surface area is 110 Å². The molecule has 19 heavy (non-hydrogen) atoms. The molecule has 0 bridgehead atoms. The van der Waals surface area contributed by atoms with Crippen molar-refractivity contribution >= 4 is 17.3 Å². The summed E-state index contributed by atoms with van der Waals surface area (Å²) in [4.78, 5) is 10.9. The van der Waals surface area contributed by atoms with Gasteiger partial charge in [0, 0.05) is 5.41 Å². The topological polar surface area (TPSA) is 84.6 Å². The van der Waals surface area contributed by atoms with Crippen LogP contribution in [0.5, 0.6) is 0 Å². The highest BCUT2D eigenvalue weighted by atomic mass is 19.1. The molecular formula is C13H17FN2O3. The van der Waals surface area contributed by atoms with E-state index in [-0.39, 0.29) is 22.7 Å². The highest BCUT2D eigenvalue weighted by molar-refractivity contribution is 5.90. The van der Waals surface area contributed by atoms with E-state index < -0.39 is 11.8 Å². The Morgan fingerprint density at radius 3 is 2.79 bits per heavy atom. The number of nitrogens with two attached hydrogens (primary N) is 1. The smallest absolute Gasteiger partial charge is 0.335 e. The van der Waals surface area contributed by atoms with Crippen LogP contribution >= 0.6 is 0 Å². The average Bonchev–Trinajstić information content (AvgIpc) is 2.64. The molecule has 1 unspecified atom stereocenters. The fraction of sp³-hybridized carbons (Fsp3) is 0.462. The van der Waals surface area contributed by atoms with Gasteiger partial charge in [-0.25, -0.2) is 9.18 Å². The summed E-state index contributed by atoms with van der Waals surface area (Å²) in [5.41, 5.74) is 5.61. The van der Waals surface area contributed by atoms with E-state index in [0.717, 1.165) is 6.07 Å². The third-order valence-corrected chi connectivity index (χ3v) is 3.41. The van der Waals surface area contributed by atoms with Gasteiger partial charge in [0.15, 0.2) is 0 Å². The summed E-state index contributed by atoms with van der Waals surface area (Å²) in [5, 5.41) is 12.0. The summed E-state index contributed by atoms with van der Waals surface area (Å²) in [6, 6.07) is 2.21. The van der Waals surface area contributed by atoms with E-state index in [9.17, 15) is 9.18 Å². The van der Waals surface area contributed by atoms with Crippen LogP contribution in [0.4, 0.5) is 15.8 Å². The lowest BCUT2D eigenvalue weighted by atomic mass is 9.87. The minimum Gasteiger partial charge on any atom is -0.478 e. The van der Waals surface area contributed by atoms with Gasteiger partial charge in [0.05, 0.1) is 36.2 Å². The molecule has 1 fully saturated rings. The highest BCUT2D eigenvalue weighted by Gasteiger charge is 2.36. The third kappa shape index (κ3) is 2.63. The second-order valence-electron chi connectivity index (χ2n) is 5.43. The molecule has 5 nitrogen and oxygen atoms in total. The molecule has 0 radical (unpaired) electrons. The summed E-state index contributed by atoms with van der Waals surface area (Å²) in [6.45, 7) is 5.10. The monoisotopic (exact) mass is 268 g/mol. The summed E-state index contributed by atoms with van der Waals surface area (Å²) in [5.74, 6) is -1.93. The molecule has 104 valence electrons. The number of nitrogens with one attached hydrogen (secondary N) is 1. The maximum atomic E-state index is 13.6. The first-order valence-corrected chi connectivity index (χ1v) is 5.98. The standard InChI is InChI=1S/C13H17FN2O3/c1-13(2)6-19-5-10(13)16-9-4-7(12(17)18)3-8(14)11(9)15/h3-4,10,16H,5-6,15H2,1-2H3,(H,17,18). The molecule has 1 atom stereocenters. The summed E-state index contributed by atoms with van der Waals surface area (Å²) in [6.07, 6.45) is 0. The number of rotatable bonds is 3. The molecule has 0 amide bonds. The SMILES string of the molecule is CC1(C)COCC1Nc1cc(C(=O)O)cc(F)c1N. The number of ether oxygens (including phenoxy) is 1. The maximum absolute atomic E-state index is 13.6. The lowest BCUT2D eigenvalue weighted by molar-refractivity contribution is 0.0696. The van der Waals surface area contributed by atoms with E-state index in [4.69, 9.17) is 15.6 Å². The van der Waals surface area contributed by atoms with E-state index in [1.54, 1.807) is 0 Å². The fourth-order valence-corrected chi connectivity index (χ4v) is 2.05. The van der Waals surface area contributed by atoms with Crippen molar-refractivity contribution in [2.45, 2.75) is 19.9 Å². The molecule has 1 saturated heterocycles. The number of carboxylic acids is 1. The average molecular weight is 268 g/mol. The molecule has 0 aromatic heterocycles. The number of halogens is 1. The molecule has 0 spiro atoms. The highest BCUT2D eigenvalue weighted by Crippen LogP contribution is 2.33. The molecule has 6 heteroatoms. The van der Waals surface area contributed by atoms with Crippen molar-refractivity contribution < 1.29 is 19.0 Å². The second kappa shape index (κ2) is 4.70. The van der Waals surface area contributed by atoms with Crippen LogP contribution in [0.1, 0.15) is 24.2 Å². The van der Waals surface area contributed by atoms with Gasteiger partial charge in [-0.15, -0.1) is 0 Å². The van der Waals surface area contributed by atoms with Crippen LogP contribution < -0.4 is 11.1 Å². The number of anilines is 2. The van der Waals surface area contributed by atoms with E-state index in [0.29, 0.717) is 18.9 Å². The molecular weight excluding hydrogens is 251 g/mol. The van der Waals surface area contributed by atoms with E-state index >= 15 is 0 Å². The number of hydrogen-bond donors (Lipinski definition) is 3. The zero-order chi connectivity index (χ0) is 14.2. The predicted octanol–water partition coefficient (Wildman–Crippen LogP) is 1.94. The quantitative estimate of drug-likeness (QED) is 0.729. The Balaban J connectivity index is 2.32.